The third-order valence-electron chi connectivity index (χ3n) is 3.54. The lowest BCUT2D eigenvalue weighted by Crippen LogP contribution is -2.35. The number of hydrogen-bond acceptors (Lipinski definition) is 6. The van der Waals surface area contributed by atoms with E-state index in [9.17, 15) is 4.79 Å². The molecule has 0 aliphatic heterocycles. The van der Waals surface area contributed by atoms with Gasteiger partial charge in [0, 0.05) is 17.4 Å². The molecule has 1 aromatic rings. The summed E-state index contributed by atoms with van der Waals surface area (Å²) >= 11 is 3.37. The summed E-state index contributed by atoms with van der Waals surface area (Å²) in [6, 6.07) is 0. The molecule has 2 N–H and O–H groups in total. The Hall–Kier alpha value is -0.690. The van der Waals surface area contributed by atoms with Crippen LogP contribution in [0.3, 0.4) is 0 Å². The minimum absolute atomic E-state index is 0.169. The molecule has 0 saturated heterocycles. The quantitative estimate of drug-likeness (QED) is 0.493. The van der Waals surface area contributed by atoms with Crippen molar-refractivity contribution in [3.63, 3.8) is 0 Å². The molecule has 0 spiro atoms. The van der Waals surface area contributed by atoms with Gasteiger partial charge in [0.15, 0.2) is 0 Å². The molecule has 2 rings (SSSR count). The highest BCUT2D eigenvalue weighted by molar-refractivity contribution is 8.02. The maximum absolute atomic E-state index is 12.3. The number of nitrogens with two attached hydrogens (primary N) is 1. The van der Waals surface area contributed by atoms with Gasteiger partial charge in [-0.15, -0.1) is 10.2 Å². The SMILES string of the molecule is CCSCCSc1nnc(C2CCCCC2)c(=O)n1N. The van der Waals surface area contributed by atoms with Gasteiger partial charge in [-0.25, -0.2) is 0 Å². The number of thioether (sulfide) groups is 2. The van der Waals surface area contributed by atoms with Crippen molar-refractivity contribution in [1.82, 2.24) is 14.9 Å². The van der Waals surface area contributed by atoms with Crippen molar-refractivity contribution in [2.45, 2.75) is 50.1 Å². The van der Waals surface area contributed by atoms with E-state index < -0.39 is 0 Å². The van der Waals surface area contributed by atoms with Gasteiger partial charge in [0.25, 0.3) is 5.56 Å². The van der Waals surface area contributed by atoms with Gasteiger partial charge in [-0.1, -0.05) is 37.9 Å². The van der Waals surface area contributed by atoms with Crippen LogP contribution in [-0.4, -0.2) is 32.1 Å². The van der Waals surface area contributed by atoms with Crippen molar-refractivity contribution in [3.05, 3.63) is 16.0 Å². The number of nitrogens with zero attached hydrogens (tertiary/aromatic N) is 3. The molecule has 1 aliphatic rings. The highest BCUT2D eigenvalue weighted by atomic mass is 32.2. The van der Waals surface area contributed by atoms with Gasteiger partial charge in [0.05, 0.1) is 0 Å². The van der Waals surface area contributed by atoms with E-state index in [1.165, 1.54) is 35.7 Å². The van der Waals surface area contributed by atoms with Crippen LogP contribution in [0.5, 0.6) is 0 Å². The zero-order valence-electron chi connectivity index (χ0n) is 11.9. The van der Waals surface area contributed by atoms with Crippen LogP contribution in [0, 0.1) is 0 Å². The molecular formula is C13H22N4OS2. The van der Waals surface area contributed by atoms with Crippen LogP contribution in [0.15, 0.2) is 9.95 Å². The van der Waals surface area contributed by atoms with E-state index in [0.29, 0.717) is 10.9 Å². The Kier molecular flexibility index (Phi) is 6.22. The smallest absolute Gasteiger partial charge is 0.294 e. The molecule has 0 amide bonds. The third kappa shape index (κ3) is 3.91. The van der Waals surface area contributed by atoms with Crippen molar-refractivity contribution < 1.29 is 0 Å². The minimum Gasteiger partial charge on any atom is -0.334 e. The number of aromatic nitrogens is 3. The molecule has 5 nitrogen and oxygen atoms in total. The highest BCUT2D eigenvalue weighted by Crippen LogP contribution is 2.29. The first kappa shape index (κ1) is 15.7. The normalized spacial score (nSPS) is 16.4. The molecule has 0 aromatic carbocycles. The highest BCUT2D eigenvalue weighted by Gasteiger charge is 2.22. The van der Waals surface area contributed by atoms with Gasteiger partial charge in [0.2, 0.25) is 5.16 Å². The maximum Gasteiger partial charge on any atom is 0.294 e. The Morgan fingerprint density at radius 2 is 2.00 bits per heavy atom. The number of nitrogen functional groups attached to an aromatic ring is 1. The Labute approximate surface area is 128 Å². The minimum atomic E-state index is -0.169. The van der Waals surface area contributed by atoms with Gasteiger partial charge in [-0.3, -0.25) is 4.79 Å². The summed E-state index contributed by atoms with van der Waals surface area (Å²) in [4.78, 5) is 12.3. The summed E-state index contributed by atoms with van der Waals surface area (Å²) in [5, 5.41) is 8.84. The van der Waals surface area contributed by atoms with Gasteiger partial charge in [-0.05, 0) is 18.6 Å². The topological polar surface area (TPSA) is 73.8 Å². The second kappa shape index (κ2) is 7.93. The van der Waals surface area contributed by atoms with Crippen LogP contribution in [0.4, 0.5) is 0 Å². The van der Waals surface area contributed by atoms with Crippen molar-refractivity contribution in [2.24, 2.45) is 0 Å². The van der Waals surface area contributed by atoms with E-state index in [-0.39, 0.29) is 11.5 Å². The maximum atomic E-state index is 12.3. The Bertz CT molecular complexity index is 486. The predicted molar refractivity (Wildman–Crippen MR) is 86.0 cm³/mol. The van der Waals surface area contributed by atoms with E-state index in [2.05, 4.69) is 17.1 Å². The van der Waals surface area contributed by atoms with Gasteiger partial charge >= 0.3 is 0 Å². The fourth-order valence-electron chi connectivity index (χ4n) is 2.46. The molecule has 1 heterocycles. The van der Waals surface area contributed by atoms with Crippen molar-refractivity contribution in [3.8, 4) is 0 Å². The number of hydrogen-bond donors (Lipinski definition) is 1. The third-order valence-corrected chi connectivity index (χ3v) is 5.65. The molecule has 20 heavy (non-hydrogen) atoms. The zero-order valence-corrected chi connectivity index (χ0v) is 13.5. The lowest BCUT2D eigenvalue weighted by Gasteiger charge is -2.20. The van der Waals surface area contributed by atoms with E-state index >= 15 is 0 Å². The standard InChI is InChI=1S/C13H22N4OS2/c1-2-19-8-9-20-13-16-15-11(12(18)17(13)14)10-6-4-3-5-7-10/h10H,2-9,14H2,1H3. The molecule has 1 saturated carbocycles. The molecule has 1 fully saturated rings. The molecule has 0 radical (unpaired) electrons. The summed E-state index contributed by atoms with van der Waals surface area (Å²) in [6.07, 6.45) is 5.65. The molecule has 0 atom stereocenters. The lowest BCUT2D eigenvalue weighted by atomic mass is 9.87. The first-order valence-electron chi connectivity index (χ1n) is 7.19. The Morgan fingerprint density at radius 3 is 2.70 bits per heavy atom. The molecule has 1 aromatic heterocycles. The summed E-state index contributed by atoms with van der Waals surface area (Å²) in [6.45, 7) is 2.13. The molecule has 1 aliphatic carbocycles. The summed E-state index contributed by atoms with van der Waals surface area (Å²) in [7, 11) is 0. The lowest BCUT2D eigenvalue weighted by molar-refractivity contribution is 0.424. The van der Waals surface area contributed by atoms with Gasteiger partial charge < -0.3 is 5.84 Å². The fraction of sp³-hybridized carbons (Fsp3) is 0.769. The van der Waals surface area contributed by atoms with E-state index in [0.717, 1.165) is 30.1 Å². The van der Waals surface area contributed by atoms with Crippen LogP contribution in [0.1, 0.15) is 50.6 Å². The first-order chi connectivity index (χ1) is 9.74. The summed E-state index contributed by atoms with van der Waals surface area (Å²) in [5.74, 6) is 9.15. The van der Waals surface area contributed by atoms with Crippen LogP contribution < -0.4 is 11.4 Å². The van der Waals surface area contributed by atoms with Crippen molar-refractivity contribution in [1.29, 1.82) is 0 Å². The van der Waals surface area contributed by atoms with E-state index in [4.69, 9.17) is 5.84 Å². The van der Waals surface area contributed by atoms with Crippen LogP contribution in [0.25, 0.3) is 0 Å². The predicted octanol–water partition coefficient (Wildman–Crippen LogP) is 2.24. The second-order valence-corrected chi connectivity index (χ2v) is 7.38. The zero-order chi connectivity index (χ0) is 14.4. The van der Waals surface area contributed by atoms with Crippen LogP contribution >= 0.6 is 23.5 Å². The van der Waals surface area contributed by atoms with Gasteiger partial charge in [0.1, 0.15) is 5.69 Å². The van der Waals surface area contributed by atoms with Crippen LogP contribution in [0.2, 0.25) is 0 Å². The van der Waals surface area contributed by atoms with Crippen molar-refractivity contribution >= 4 is 23.5 Å². The fourth-order valence-corrected chi connectivity index (χ4v) is 4.06. The summed E-state index contributed by atoms with van der Waals surface area (Å²) < 4.78 is 1.18. The molecule has 0 unspecified atom stereocenters. The van der Waals surface area contributed by atoms with Crippen molar-refractivity contribution in [2.75, 3.05) is 23.1 Å². The van der Waals surface area contributed by atoms with E-state index in [1.807, 2.05) is 11.8 Å². The molecule has 0 bridgehead atoms. The first-order valence-corrected chi connectivity index (χ1v) is 9.33. The van der Waals surface area contributed by atoms with Gasteiger partial charge in [-0.2, -0.15) is 16.4 Å². The number of rotatable bonds is 6. The Morgan fingerprint density at radius 1 is 1.25 bits per heavy atom. The molecule has 112 valence electrons. The van der Waals surface area contributed by atoms with Crippen LogP contribution in [-0.2, 0) is 0 Å². The average molecular weight is 314 g/mol. The monoisotopic (exact) mass is 314 g/mol. The second-order valence-electron chi connectivity index (χ2n) is 4.92. The molecule has 7 heteroatoms. The summed E-state index contributed by atoms with van der Waals surface area (Å²) in [5.41, 5.74) is 0.386. The van der Waals surface area contributed by atoms with E-state index in [1.54, 1.807) is 0 Å². The average Bonchev–Trinajstić information content (AvgIpc) is 2.49. The largest absolute Gasteiger partial charge is 0.334 e. The Balaban J connectivity index is 2.06. The molecular weight excluding hydrogens is 292 g/mol.